The van der Waals surface area contributed by atoms with Gasteiger partial charge in [0.15, 0.2) is 0 Å². The summed E-state index contributed by atoms with van der Waals surface area (Å²) in [4.78, 5) is 34.5. The Morgan fingerprint density at radius 2 is 1.89 bits per heavy atom. The maximum absolute atomic E-state index is 13.1. The smallest absolute Gasteiger partial charge is 0.258 e. The molecule has 180 valence electrons. The summed E-state index contributed by atoms with van der Waals surface area (Å²) in [5.74, 6) is 0.0311. The van der Waals surface area contributed by atoms with Gasteiger partial charge in [0.2, 0.25) is 5.95 Å². The number of thiophene rings is 1. The van der Waals surface area contributed by atoms with E-state index in [1.165, 1.54) is 22.1 Å². The second kappa shape index (κ2) is 10.1. The summed E-state index contributed by atoms with van der Waals surface area (Å²) < 4.78 is 1.41. The minimum absolute atomic E-state index is 0.185. The molecule has 0 aliphatic heterocycles. The number of aromatic nitrogens is 4. The first-order chi connectivity index (χ1) is 17.4. The van der Waals surface area contributed by atoms with E-state index in [0.717, 1.165) is 10.4 Å². The molecule has 36 heavy (non-hydrogen) atoms. The highest BCUT2D eigenvalue weighted by Gasteiger charge is 2.20. The van der Waals surface area contributed by atoms with E-state index >= 15 is 0 Å². The summed E-state index contributed by atoms with van der Waals surface area (Å²) in [6.45, 7) is 1.78. The molecule has 0 aliphatic carbocycles. The first-order valence-electron chi connectivity index (χ1n) is 10.9. The van der Waals surface area contributed by atoms with Gasteiger partial charge in [-0.1, -0.05) is 59.6 Å². The standard InChI is InChI=1S/C26H19Cl2N5O2S/c1-15-18(12-16-6-3-2-4-7-16)24(34)31-26(29-15)33-23(14-21(32-33)22-8-5-11-36-22)30-25(35)19-13-17(27)9-10-20(19)28/h2-11,13-14H,12H2,1H3,(H,30,35)(H,29,31,34). The zero-order chi connectivity index (χ0) is 25.2. The van der Waals surface area contributed by atoms with Gasteiger partial charge in [0.25, 0.3) is 11.5 Å². The van der Waals surface area contributed by atoms with Gasteiger partial charge >= 0.3 is 0 Å². The molecule has 3 heterocycles. The Balaban J connectivity index is 1.55. The Morgan fingerprint density at radius 3 is 2.61 bits per heavy atom. The highest BCUT2D eigenvalue weighted by Crippen LogP contribution is 2.28. The molecule has 5 rings (SSSR count). The van der Waals surface area contributed by atoms with Gasteiger partial charge in [-0.3, -0.25) is 14.6 Å². The Kier molecular flexibility index (Phi) is 6.73. The molecule has 1 amide bonds. The molecule has 0 fully saturated rings. The number of H-pyrrole nitrogens is 1. The summed E-state index contributed by atoms with van der Waals surface area (Å²) in [6.07, 6.45) is 0.450. The topological polar surface area (TPSA) is 92.7 Å². The van der Waals surface area contributed by atoms with Gasteiger partial charge in [-0.2, -0.15) is 9.78 Å². The number of aryl methyl sites for hydroxylation is 1. The average Bonchev–Trinajstić information content (AvgIpc) is 3.54. The summed E-state index contributed by atoms with van der Waals surface area (Å²) in [5.41, 5.74) is 2.69. The van der Waals surface area contributed by atoms with Crippen LogP contribution in [0.1, 0.15) is 27.2 Å². The number of nitrogens with zero attached hydrogens (tertiary/aromatic N) is 3. The number of aromatic amines is 1. The van der Waals surface area contributed by atoms with Gasteiger partial charge in [-0.05, 0) is 42.1 Å². The van der Waals surface area contributed by atoms with Gasteiger partial charge in [-0.15, -0.1) is 11.3 Å². The first kappa shape index (κ1) is 24.0. The fourth-order valence-corrected chi connectivity index (χ4v) is 4.79. The Bertz CT molecular complexity index is 1610. The monoisotopic (exact) mass is 535 g/mol. The van der Waals surface area contributed by atoms with Crippen LogP contribution in [0.25, 0.3) is 16.5 Å². The van der Waals surface area contributed by atoms with Crippen LogP contribution in [0, 0.1) is 6.92 Å². The molecule has 0 saturated carbocycles. The van der Waals surface area contributed by atoms with E-state index in [0.29, 0.717) is 34.2 Å². The number of hydrogen-bond donors (Lipinski definition) is 2. The number of halogens is 2. The van der Waals surface area contributed by atoms with Crippen molar-refractivity contribution in [3.63, 3.8) is 0 Å². The molecule has 0 radical (unpaired) electrons. The maximum atomic E-state index is 13.1. The second-order valence-electron chi connectivity index (χ2n) is 8.00. The van der Waals surface area contributed by atoms with Crippen molar-refractivity contribution in [3.05, 3.63) is 115 Å². The molecule has 2 aromatic carbocycles. The van der Waals surface area contributed by atoms with E-state index in [1.54, 1.807) is 25.1 Å². The number of anilines is 1. The highest BCUT2D eigenvalue weighted by molar-refractivity contribution is 7.13. The molecule has 0 spiro atoms. The third kappa shape index (κ3) is 4.97. The van der Waals surface area contributed by atoms with E-state index in [2.05, 4.69) is 20.4 Å². The number of carbonyl (C=O) groups excluding carboxylic acids is 1. The fourth-order valence-electron chi connectivity index (χ4n) is 3.74. The zero-order valence-electron chi connectivity index (χ0n) is 19.0. The van der Waals surface area contributed by atoms with Crippen molar-refractivity contribution < 1.29 is 4.79 Å². The average molecular weight is 536 g/mol. The Labute approximate surface area is 220 Å². The van der Waals surface area contributed by atoms with Crippen molar-refractivity contribution >= 4 is 46.3 Å². The molecule has 0 aliphatic rings. The quantitative estimate of drug-likeness (QED) is 0.273. The predicted octanol–water partition coefficient (Wildman–Crippen LogP) is 6.14. The summed E-state index contributed by atoms with van der Waals surface area (Å²) in [6, 6.07) is 19.9. The lowest BCUT2D eigenvalue weighted by Crippen LogP contribution is -2.22. The van der Waals surface area contributed by atoms with E-state index in [9.17, 15) is 9.59 Å². The fraction of sp³-hybridized carbons (Fsp3) is 0.0769. The Morgan fingerprint density at radius 1 is 1.08 bits per heavy atom. The van der Waals surface area contributed by atoms with Crippen LogP contribution in [0.15, 0.2) is 76.9 Å². The van der Waals surface area contributed by atoms with Crippen LogP contribution in [-0.2, 0) is 6.42 Å². The van der Waals surface area contributed by atoms with Crippen molar-refractivity contribution in [1.29, 1.82) is 0 Å². The molecule has 2 N–H and O–H groups in total. The van der Waals surface area contributed by atoms with Gasteiger partial charge < -0.3 is 5.32 Å². The summed E-state index contributed by atoms with van der Waals surface area (Å²) >= 11 is 13.8. The van der Waals surface area contributed by atoms with Crippen molar-refractivity contribution in [3.8, 4) is 16.5 Å². The second-order valence-corrected chi connectivity index (χ2v) is 9.79. The molecular formula is C26H19Cl2N5O2S. The molecule has 0 bridgehead atoms. The van der Waals surface area contributed by atoms with Crippen LogP contribution in [0.4, 0.5) is 5.82 Å². The van der Waals surface area contributed by atoms with E-state index < -0.39 is 5.91 Å². The summed E-state index contributed by atoms with van der Waals surface area (Å²) in [5, 5.41) is 10.0. The van der Waals surface area contributed by atoms with Crippen molar-refractivity contribution in [2.24, 2.45) is 0 Å². The van der Waals surface area contributed by atoms with Crippen molar-refractivity contribution in [1.82, 2.24) is 19.7 Å². The number of hydrogen-bond acceptors (Lipinski definition) is 5. The van der Waals surface area contributed by atoms with Crippen molar-refractivity contribution in [2.75, 3.05) is 5.32 Å². The van der Waals surface area contributed by atoms with Crippen LogP contribution in [-0.4, -0.2) is 25.7 Å². The number of benzene rings is 2. The molecule has 5 aromatic rings. The maximum Gasteiger partial charge on any atom is 0.258 e. The van der Waals surface area contributed by atoms with Crippen LogP contribution in [0.3, 0.4) is 0 Å². The van der Waals surface area contributed by atoms with Gasteiger partial charge in [0.05, 0.1) is 21.2 Å². The van der Waals surface area contributed by atoms with Crippen molar-refractivity contribution in [2.45, 2.75) is 13.3 Å². The first-order valence-corrected chi connectivity index (χ1v) is 12.6. The minimum Gasteiger partial charge on any atom is -0.306 e. The third-order valence-corrected chi connectivity index (χ3v) is 6.99. The normalized spacial score (nSPS) is 11.0. The predicted molar refractivity (Wildman–Crippen MR) is 144 cm³/mol. The molecule has 3 aromatic heterocycles. The number of nitrogens with one attached hydrogen (secondary N) is 2. The van der Waals surface area contributed by atoms with E-state index in [-0.39, 0.29) is 22.1 Å². The van der Waals surface area contributed by atoms with Crippen LogP contribution >= 0.6 is 34.5 Å². The highest BCUT2D eigenvalue weighted by atomic mass is 35.5. The minimum atomic E-state index is -0.471. The SMILES string of the molecule is Cc1nc(-n2nc(-c3cccs3)cc2NC(=O)c2cc(Cl)ccc2Cl)[nH]c(=O)c1Cc1ccccc1. The lowest BCUT2D eigenvalue weighted by Gasteiger charge is -2.11. The van der Waals surface area contributed by atoms with Crippen LogP contribution in [0.2, 0.25) is 10.0 Å². The molecule has 0 saturated heterocycles. The van der Waals surface area contributed by atoms with Gasteiger partial charge in [-0.25, -0.2) is 4.98 Å². The molecular weight excluding hydrogens is 517 g/mol. The molecule has 10 heteroatoms. The largest absolute Gasteiger partial charge is 0.306 e. The molecule has 0 atom stereocenters. The number of rotatable bonds is 6. The molecule has 0 unspecified atom stereocenters. The third-order valence-electron chi connectivity index (χ3n) is 5.53. The lowest BCUT2D eigenvalue weighted by molar-refractivity contribution is 0.102. The number of amides is 1. The van der Waals surface area contributed by atoms with E-state index in [4.69, 9.17) is 23.2 Å². The van der Waals surface area contributed by atoms with E-state index in [1.807, 2.05) is 47.8 Å². The molecule has 7 nitrogen and oxygen atoms in total. The number of carbonyl (C=O) groups is 1. The van der Waals surface area contributed by atoms with Crippen LogP contribution in [0.5, 0.6) is 0 Å². The van der Waals surface area contributed by atoms with Gasteiger partial charge in [0.1, 0.15) is 11.5 Å². The summed E-state index contributed by atoms with van der Waals surface area (Å²) in [7, 11) is 0. The van der Waals surface area contributed by atoms with Crippen LogP contribution < -0.4 is 10.9 Å². The zero-order valence-corrected chi connectivity index (χ0v) is 21.3. The van der Waals surface area contributed by atoms with Gasteiger partial charge in [0, 0.05) is 23.1 Å². The lowest BCUT2D eigenvalue weighted by atomic mass is 10.1. The Hall–Kier alpha value is -3.72.